The molecule has 1 aromatic rings. The molecule has 0 radical (unpaired) electrons. The Bertz CT molecular complexity index is 429. The van der Waals surface area contributed by atoms with Gasteiger partial charge >= 0.3 is 0 Å². The number of nitrogens with zero attached hydrogens (tertiary/aromatic N) is 1. The van der Waals surface area contributed by atoms with Gasteiger partial charge in [-0.25, -0.2) is 4.39 Å². The molecule has 0 heterocycles. The summed E-state index contributed by atoms with van der Waals surface area (Å²) >= 11 is 0. The summed E-state index contributed by atoms with van der Waals surface area (Å²) in [5.74, 6) is -0.150. The summed E-state index contributed by atoms with van der Waals surface area (Å²) in [6.45, 7) is 6.22. The van der Waals surface area contributed by atoms with Crippen LogP contribution in [-0.4, -0.2) is 24.0 Å². The molecule has 3 heteroatoms. The van der Waals surface area contributed by atoms with Crippen molar-refractivity contribution >= 4 is 0 Å². The molecule has 0 spiro atoms. The lowest BCUT2D eigenvalue weighted by Crippen LogP contribution is -2.30. The SMILES string of the molecule is CCCCN(CCC(N)c1ccc(C)c(F)c1)C1CC1. The van der Waals surface area contributed by atoms with Crippen molar-refractivity contribution in [3.8, 4) is 0 Å². The van der Waals surface area contributed by atoms with Crippen molar-refractivity contribution in [3.05, 3.63) is 35.1 Å². The summed E-state index contributed by atoms with van der Waals surface area (Å²) in [6.07, 6.45) is 6.06. The number of hydrogen-bond acceptors (Lipinski definition) is 2. The van der Waals surface area contributed by atoms with Crippen LogP contribution in [0.4, 0.5) is 4.39 Å². The van der Waals surface area contributed by atoms with Crippen LogP contribution in [0.1, 0.15) is 56.2 Å². The van der Waals surface area contributed by atoms with Gasteiger partial charge in [0.15, 0.2) is 0 Å². The highest BCUT2D eigenvalue weighted by molar-refractivity contribution is 5.25. The molecule has 1 unspecified atom stereocenters. The number of halogens is 1. The molecule has 0 aromatic heterocycles. The Morgan fingerprint density at radius 3 is 2.70 bits per heavy atom. The zero-order chi connectivity index (χ0) is 14.5. The van der Waals surface area contributed by atoms with E-state index < -0.39 is 0 Å². The summed E-state index contributed by atoms with van der Waals surface area (Å²) in [5.41, 5.74) is 7.82. The first-order valence-corrected chi connectivity index (χ1v) is 7.87. The fraction of sp³-hybridized carbons (Fsp3) is 0.647. The van der Waals surface area contributed by atoms with E-state index >= 15 is 0 Å². The second kappa shape index (κ2) is 7.19. The maximum atomic E-state index is 13.6. The Hall–Kier alpha value is -0.930. The highest BCUT2D eigenvalue weighted by Gasteiger charge is 2.28. The van der Waals surface area contributed by atoms with E-state index in [1.54, 1.807) is 13.0 Å². The van der Waals surface area contributed by atoms with Gasteiger partial charge in [-0.1, -0.05) is 25.5 Å². The maximum absolute atomic E-state index is 13.6. The first-order valence-electron chi connectivity index (χ1n) is 7.87. The molecule has 1 saturated carbocycles. The van der Waals surface area contributed by atoms with Crippen LogP contribution in [0.2, 0.25) is 0 Å². The lowest BCUT2D eigenvalue weighted by molar-refractivity contribution is 0.249. The Balaban J connectivity index is 1.86. The summed E-state index contributed by atoms with van der Waals surface area (Å²) in [4.78, 5) is 2.56. The van der Waals surface area contributed by atoms with Crippen LogP contribution in [-0.2, 0) is 0 Å². The van der Waals surface area contributed by atoms with Gasteiger partial charge in [-0.15, -0.1) is 0 Å². The molecule has 2 nitrogen and oxygen atoms in total. The number of aryl methyl sites for hydroxylation is 1. The third-order valence-corrected chi connectivity index (χ3v) is 4.21. The van der Waals surface area contributed by atoms with Crippen molar-refractivity contribution in [1.29, 1.82) is 0 Å². The van der Waals surface area contributed by atoms with E-state index in [9.17, 15) is 4.39 Å². The molecule has 0 bridgehead atoms. The highest BCUT2D eigenvalue weighted by Crippen LogP contribution is 2.28. The van der Waals surface area contributed by atoms with Gasteiger partial charge in [0.2, 0.25) is 0 Å². The largest absolute Gasteiger partial charge is 0.324 e. The second-order valence-corrected chi connectivity index (χ2v) is 6.02. The normalized spacial score (nSPS) is 16.6. The molecule has 1 aliphatic rings. The molecular formula is C17H27FN2. The number of benzene rings is 1. The zero-order valence-corrected chi connectivity index (χ0v) is 12.7. The molecule has 1 atom stereocenters. The second-order valence-electron chi connectivity index (χ2n) is 6.02. The lowest BCUT2D eigenvalue weighted by Gasteiger charge is -2.23. The number of unbranched alkanes of at least 4 members (excludes halogenated alkanes) is 1. The smallest absolute Gasteiger partial charge is 0.126 e. The van der Waals surface area contributed by atoms with E-state index in [1.165, 1.54) is 32.2 Å². The predicted molar refractivity (Wildman–Crippen MR) is 82.2 cm³/mol. The number of rotatable bonds is 8. The highest BCUT2D eigenvalue weighted by atomic mass is 19.1. The van der Waals surface area contributed by atoms with Crippen molar-refractivity contribution in [2.75, 3.05) is 13.1 Å². The first kappa shape index (κ1) is 15.5. The topological polar surface area (TPSA) is 29.3 Å². The fourth-order valence-corrected chi connectivity index (χ4v) is 2.59. The number of nitrogens with two attached hydrogens (primary N) is 1. The van der Waals surface area contributed by atoms with Gasteiger partial charge in [-0.3, -0.25) is 0 Å². The van der Waals surface area contributed by atoms with Crippen LogP contribution in [0.25, 0.3) is 0 Å². The van der Waals surface area contributed by atoms with Gasteiger partial charge in [0.1, 0.15) is 5.82 Å². The zero-order valence-electron chi connectivity index (χ0n) is 12.7. The standard InChI is InChI=1S/C17H27FN2/c1-3-4-10-20(15-7-8-15)11-9-17(19)14-6-5-13(2)16(18)12-14/h5-6,12,15,17H,3-4,7-11,19H2,1-2H3. The van der Waals surface area contributed by atoms with Crippen molar-refractivity contribution in [2.24, 2.45) is 5.73 Å². The van der Waals surface area contributed by atoms with Gasteiger partial charge in [0, 0.05) is 18.6 Å². The molecule has 0 saturated heterocycles. The summed E-state index contributed by atoms with van der Waals surface area (Å²) < 4.78 is 13.6. The van der Waals surface area contributed by atoms with Crippen molar-refractivity contribution < 1.29 is 4.39 Å². The Kier molecular flexibility index (Phi) is 5.55. The van der Waals surface area contributed by atoms with Crippen LogP contribution in [0.3, 0.4) is 0 Å². The third kappa shape index (κ3) is 4.29. The molecule has 2 N–H and O–H groups in total. The Morgan fingerprint density at radius 2 is 2.10 bits per heavy atom. The van der Waals surface area contributed by atoms with Crippen LogP contribution >= 0.6 is 0 Å². The van der Waals surface area contributed by atoms with Crippen LogP contribution in [0.15, 0.2) is 18.2 Å². The molecule has 0 amide bonds. The predicted octanol–water partition coefficient (Wildman–Crippen LogP) is 3.79. The van der Waals surface area contributed by atoms with Gasteiger partial charge in [-0.2, -0.15) is 0 Å². The van der Waals surface area contributed by atoms with Crippen LogP contribution in [0.5, 0.6) is 0 Å². The van der Waals surface area contributed by atoms with Gasteiger partial charge in [0.05, 0.1) is 0 Å². The lowest BCUT2D eigenvalue weighted by atomic mass is 10.0. The average Bonchev–Trinajstić information content (AvgIpc) is 3.26. The molecular weight excluding hydrogens is 251 g/mol. The van der Waals surface area contributed by atoms with E-state index in [0.29, 0.717) is 5.56 Å². The summed E-state index contributed by atoms with van der Waals surface area (Å²) in [5, 5.41) is 0. The monoisotopic (exact) mass is 278 g/mol. The average molecular weight is 278 g/mol. The fourth-order valence-electron chi connectivity index (χ4n) is 2.59. The minimum Gasteiger partial charge on any atom is -0.324 e. The first-order chi connectivity index (χ1) is 9.61. The molecule has 112 valence electrons. The minimum absolute atomic E-state index is 0.0621. The van der Waals surface area contributed by atoms with Crippen LogP contribution in [0, 0.1) is 12.7 Å². The van der Waals surface area contributed by atoms with E-state index in [4.69, 9.17) is 5.73 Å². The van der Waals surface area contributed by atoms with E-state index in [0.717, 1.165) is 24.6 Å². The third-order valence-electron chi connectivity index (χ3n) is 4.21. The Morgan fingerprint density at radius 1 is 1.35 bits per heavy atom. The molecule has 1 fully saturated rings. The molecule has 1 aromatic carbocycles. The molecule has 1 aliphatic carbocycles. The quantitative estimate of drug-likeness (QED) is 0.784. The molecule has 0 aliphatic heterocycles. The van der Waals surface area contributed by atoms with Crippen molar-refractivity contribution in [3.63, 3.8) is 0 Å². The van der Waals surface area contributed by atoms with Gasteiger partial charge in [0.25, 0.3) is 0 Å². The summed E-state index contributed by atoms with van der Waals surface area (Å²) in [6, 6.07) is 6.08. The van der Waals surface area contributed by atoms with Gasteiger partial charge in [-0.05, 0) is 56.3 Å². The van der Waals surface area contributed by atoms with Crippen molar-refractivity contribution in [2.45, 2.75) is 58.0 Å². The minimum atomic E-state index is -0.150. The summed E-state index contributed by atoms with van der Waals surface area (Å²) in [7, 11) is 0. The van der Waals surface area contributed by atoms with Crippen molar-refractivity contribution in [1.82, 2.24) is 4.90 Å². The molecule has 2 rings (SSSR count). The van der Waals surface area contributed by atoms with E-state index in [1.807, 2.05) is 12.1 Å². The van der Waals surface area contributed by atoms with Gasteiger partial charge < -0.3 is 10.6 Å². The maximum Gasteiger partial charge on any atom is 0.126 e. The van der Waals surface area contributed by atoms with E-state index in [2.05, 4.69) is 11.8 Å². The van der Waals surface area contributed by atoms with Crippen LogP contribution < -0.4 is 5.73 Å². The van der Waals surface area contributed by atoms with E-state index in [-0.39, 0.29) is 11.9 Å². The number of hydrogen-bond donors (Lipinski definition) is 1. The Labute approximate surface area is 122 Å². The molecule has 20 heavy (non-hydrogen) atoms.